The lowest BCUT2D eigenvalue weighted by molar-refractivity contribution is 0.169. The predicted octanol–water partition coefficient (Wildman–Crippen LogP) is 3.50. The monoisotopic (exact) mass is 457 g/mol. The van der Waals surface area contributed by atoms with E-state index in [1.165, 1.54) is 10.4 Å². The SMILES string of the molecule is COc1ccc(C)cc1C(C)NC(=O)N1CCN(S(=O)(=O)c2ccc(Cl)s2)CC1. The molecule has 1 atom stereocenters. The lowest BCUT2D eigenvalue weighted by Crippen LogP contribution is -2.53. The van der Waals surface area contributed by atoms with Gasteiger partial charge in [-0.25, -0.2) is 13.2 Å². The fourth-order valence-electron chi connectivity index (χ4n) is 3.24. The van der Waals surface area contributed by atoms with Crippen LogP contribution >= 0.6 is 22.9 Å². The average molecular weight is 458 g/mol. The quantitative estimate of drug-likeness (QED) is 0.745. The number of nitrogens with one attached hydrogen (secondary N) is 1. The van der Waals surface area contributed by atoms with E-state index in [-0.39, 0.29) is 29.4 Å². The van der Waals surface area contributed by atoms with Gasteiger partial charge in [-0.15, -0.1) is 11.3 Å². The molecule has 1 aliphatic rings. The highest BCUT2D eigenvalue weighted by molar-refractivity contribution is 7.91. The minimum absolute atomic E-state index is 0.223. The molecule has 1 aromatic heterocycles. The number of amides is 2. The van der Waals surface area contributed by atoms with Crippen LogP contribution in [0.15, 0.2) is 34.5 Å². The summed E-state index contributed by atoms with van der Waals surface area (Å²) in [5, 5.41) is 2.98. The maximum absolute atomic E-state index is 12.7. The Balaban J connectivity index is 1.61. The van der Waals surface area contributed by atoms with E-state index in [1.54, 1.807) is 18.1 Å². The number of rotatable bonds is 5. The number of thiophene rings is 1. The number of piperazine rings is 1. The molecule has 1 fully saturated rings. The van der Waals surface area contributed by atoms with Gasteiger partial charge in [0.05, 0.1) is 17.5 Å². The summed E-state index contributed by atoms with van der Waals surface area (Å²) >= 11 is 6.90. The van der Waals surface area contributed by atoms with E-state index < -0.39 is 10.0 Å². The molecule has 1 unspecified atom stereocenters. The van der Waals surface area contributed by atoms with Crippen LogP contribution in [0.25, 0.3) is 0 Å². The smallest absolute Gasteiger partial charge is 0.317 e. The van der Waals surface area contributed by atoms with Gasteiger partial charge in [-0.1, -0.05) is 29.3 Å². The second-order valence-corrected chi connectivity index (χ2v) is 10.7. The third-order valence-corrected chi connectivity index (χ3v) is 8.46. The minimum atomic E-state index is -3.58. The van der Waals surface area contributed by atoms with Crippen LogP contribution in [-0.4, -0.2) is 56.9 Å². The first-order valence-electron chi connectivity index (χ1n) is 9.18. The number of sulfonamides is 1. The van der Waals surface area contributed by atoms with E-state index in [4.69, 9.17) is 16.3 Å². The molecular formula is C19H24ClN3O4S2. The van der Waals surface area contributed by atoms with Gasteiger partial charge in [0, 0.05) is 31.7 Å². The highest BCUT2D eigenvalue weighted by Gasteiger charge is 2.31. The highest BCUT2D eigenvalue weighted by Crippen LogP contribution is 2.29. The zero-order chi connectivity index (χ0) is 21.2. The number of hydrogen-bond donors (Lipinski definition) is 1. The zero-order valence-electron chi connectivity index (χ0n) is 16.5. The van der Waals surface area contributed by atoms with Crippen LogP contribution in [0.4, 0.5) is 4.79 Å². The summed E-state index contributed by atoms with van der Waals surface area (Å²) in [6.07, 6.45) is 0. The number of benzene rings is 1. The first-order valence-corrected chi connectivity index (χ1v) is 11.8. The Kier molecular flexibility index (Phi) is 6.72. The van der Waals surface area contributed by atoms with Crippen molar-refractivity contribution in [3.63, 3.8) is 0 Å². The van der Waals surface area contributed by atoms with Crippen molar-refractivity contribution >= 4 is 39.0 Å². The van der Waals surface area contributed by atoms with Crippen molar-refractivity contribution in [1.82, 2.24) is 14.5 Å². The van der Waals surface area contributed by atoms with Crippen LogP contribution in [-0.2, 0) is 10.0 Å². The number of halogens is 1. The largest absolute Gasteiger partial charge is 0.496 e. The summed E-state index contributed by atoms with van der Waals surface area (Å²) < 4.78 is 32.8. The number of ether oxygens (including phenoxy) is 1. The van der Waals surface area contributed by atoms with Crippen molar-refractivity contribution in [3.05, 3.63) is 45.8 Å². The number of hydrogen-bond acceptors (Lipinski definition) is 5. The molecule has 0 spiro atoms. The van der Waals surface area contributed by atoms with Crippen molar-refractivity contribution in [3.8, 4) is 5.75 Å². The Hall–Kier alpha value is -1.81. The van der Waals surface area contributed by atoms with E-state index in [2.05, 4.69) is 5.32 Å². The average Bonchev–Trinajstić information content (AvgIpc) is 3.15. The van der Waals surface area contributed by atoms with Crippen LogP contribution in [0.2, 0.25) is 4.34 Å². The van der Waals surface area contributed by atoms with Gasteiger partial charge >= 0.3 is 6.03 Å². The maximum Gasteiger partial charge on any atom is 0.317 e. The Morgan fingerprint density at radius 3 is 2.48 bits per heavy atom. The third-order valence-electron chi connectivity index (χ3n) is 4.86. The summed E-state index contributed by atoms with van der Waals surface area (Å²) in [4.78, 5) is 14.3. The number of carbonyl (C=O) groups is 1. The first-order chi connectivity index (χ1) is 13.7. The number of aryl methyl sites for hydroxylation is 1. The number of carbonyl (C=O) groups excluding carboxylic acids is 1. The third kappa shape index (κ3) is 4.85. The van der Waals surface area contributed by atoms with Crippen LogP contribution < -0.4 is 10.1 Å². The Labute approximate surface area is 180 Å². The van der Waals surface area contributed by atoms with Crippen LogP contribution in [0, 0.1) is 6.92 Å². The van der Waals surface area contributed by atoms with Crippen molar-refractivity contribution in [2.75, 3.05) is 33.3 Å². The molecule has 1 N–H and O–H groups in total. The van der Waals surface area contributed by atoms with Gasteiger partial charge in [0.25, 0.3) is 10.0 Å². The van der Waals surface area contributed by atoms with Gasteiger partial charge in [0.15, 0.2) is 0 Å². The maximum atomic E-state index is 12.7. The van der Waals surface area contributed by atoms with Crippen LogP contribution in [0.1, 0.15) is 24.1 Å². The number of urea groups is 1. The summed E-state index contributed by atoms with van der Waals surface area (Å²) in [5.41, 5.74) is 1.98. The van der Waals surface area contributed by atoms with Gasteiger partial charge in [0.1, 0.15) is 9.96 Å². The lowest BCUT2D eigenvalue weighted by atomic mass is 10.0. The van der Waals surface area contributed by atoms with E-state index in [9.17, 15) is 13.2 Å². The van der Waals surface area contributed by atoms with Gasteiger partial charge in [0.2, 0.25) is 0 Å². The van der Waals surface area contributed by atoms with Gasteiger partial charge in [-0.2, -0.15) is 4.31 Å². The minimum Gasteiger partial charge on any atom is -0.496 e. The molecule has 10 heteroatoms. The summed E-state index contributed by atoms with van der Waals surface area (Å²) in [5.74, 6) is 0.717. The molecule has 29 heavy (non-hydrogen) atoms. The molecule has 0 radical (unpaired) electrons. The summed E-state index contributed by atoms with van der Waals surface area (Å²) in [7, 11) is -1.98. The molecule has 0 bridgehead atoms. The molecule has 2 aromatic rings. The normalized spacial score (nSPS) is 16.5. The van der Waals surface area contributed by atoms with E-state index in [0.29, 0.717) is 23.2 Å². The Morgan fingerprint density at radius 1 is 1.21 bits per heavy atom. The highest BCUT2D eigenvalue weighted by atomic mass is 35.5. The molecule has 2 amide bonds. The van der Waals surface area contributed by atoms with Crippen molar-refractivity contribution in [1.29, 1.82) is 0 Å². The fourth-order valence-corrected chi connectivity index (χ4v) is 6.30. The van der Waals surface area contributed by atoms with Crippen LogP contribution in [0.5, 0.6) is 5.75 Å². The molecular weight excluding hydrogens is 434 g/mol. The zero-order valence-corrected chi connectivity index (χ0v) is 18.9. The molecule has 7 nitrogen and oxygen atoms in total. The standard InChI is InChI=1S/C19H24ClN3O4S2/c1-13-4-5-16(27-3)15(12-13)14(2)21-19(24)22-8-10-23(11-9-22)29(25,26)18-7-6-17(20)28-18/h4-7,12,14H,8-11H2,1-3H3,(H,21,24). The van der Waals surface area contributed by atoms with Gasteiger partial charge < -0.3 is 15.0 Å². The molecule has 1 saturated heterocycles. The Morgan fingerprint density at radius 2 is 1.90 bits per heavy atom. The Bertz CT molecular complexity index is 985. The molecule has 158 valence electrons. The summed E-state index contributed by atoms with van der Waals surface area (Å²) in [6.45, 7) is 5.01. The molecule has 0 aliphatic carbocycles. The van der Waals surface area contributed by atoms with Crippen LogP contribution in [0.3, 0.4) is 0 Å². The molecule has 0 saturated carbocycles. The fraction of sp³-hybridized carbons (Fsp3) is 0.421. The van der Waals surface area contributed by atoms with Crippen molar-refractivity contribution < 1.29 is 17.9 Å². The van der Waals surface area contributed by atoms with E-state index in [1.807, 2.05) is 32.0 Å². The molecule has 2 heterocycles. The second-order valence-electron chi connectivity index (χ2n) is 6.87. The molecule has 3 rings (SSSR count). The van der Waals surface area contributed by atoms with E-state index >= 15 is 0 Å². The van der Waals surface area contributed by atoms with E-state index in [0.717, 1.165) is 22.5 Å². The topological polar surface area (TPSA) is 79.0 Å². The first kappa shape index (κ1) is 21.9. The van der Waals surface area contributed by atoms with Gasteiger partial charge in [-0.3, -0.25) is 0 Å². The second kappa shape index (κ2) is 8.91. The van der Waals surface area contributed by atoms with Crippen molar-refractivity contribution in [2.24, 2.45) is 0 Å². The van der Waals surface area contributed by atoms with Crippen molar-refractivity contribution in [2.45, 2.75) is 24.1 Å². The summed E-state index contributed by atoms with van der Waals surface area (Å²) in [6, 6.07) is 8.44. The number of nitrogens with zero attached hydrogens (tertiary/aromatic N) is 2. The predicted molar refractivity (Wildman–Crippen MR) is 114 cm³/mol. The lowest BCUT2D eigenvalue weighted by Gasteiger charge is -2.34. The number of methoxy groups -OCH3 is 1. The van der Waals surface area contributed by atoms with Gasteiger partial charge in [-0.05, 0) is 32.0 Å². The molecule has 1 aromatic carbocycles. The molecule has 1 aliphatic heterocycles.